The van der Waals surface area contributed by atoms with Crippen molar-refractivity contribution < 1.29 is 19.4 Å². The Labute approximate surface area is 115 Å². The molecule has 102 valence electrons. The Morgan fingerprint density at radius 1 is 1.53 bits per heavy atom. The molecule has 1 amide bonds. The van der Waals surface area contributed by atoms with E-state index in [2.05, 4.69) is 10.1 Å². The summed E-state index contributed by atoms with van der Waals surface area (Å²) in [7, 11) is 1.18. The van der Waals surface area contributed by atoms with Crippen molar-refractivity contribution in [3.05, 3.63) is 40.9 Å². The number of carbonyl (C=O) groups excluding carboxylic acids is 2. The maximum absolute atomic E-state index is 11.5. The van der Waals surface area contributed by atoms with E-state index in [4.69, 9.17) is 16.7 Å². The molecule has 0 saturated carbocycles. The first-order valence-electron chi connectivity index (χ1n) is 5.49. The van der Waals surface area contributed by atoms with Gasteiger partial charge >= 0.3 is 5.97 Å². The van der Waals surface area contributed by atoms with Gasteiger partial charge in [-0.1, -0.05) is 23.7 Å². The number of esters is 1. The summed E-state index contributed by atoms with van der Waals surface area (Å²) in [6.45, 7) is -0.524. The van der Waals surface area contributed by atoms with Gasteiger partial charge in [0.25, 0.3) is 0 Å². The summed E-state index contributed by atoms with van der Waals surface area (Å²) in [5.74, 6) is -1.21. The second kappa shape index (κ2) is 7.56. The van der Waals surface area contributed by atoms with Gasteiger partial charge in [0.05, 0.1) is 13.7 Å². The number of hydrogen-bond donors (Lipinski definition) is 2. The van der Waals surface area contributed by atoms with Crippen LogP contribution in [-0.2, 0) is 14.3 Å². The summed E-state index contributed by atoms with van der Waals surface area (Å²) in [6.07, 6.45) is 2.80. The van der Waals surface area contributed by atoms with Gasteiger partial charge in [0.1, 0.15) is 0 Å². The second-order valence-corrected chi connectivity index (χ2v) is 4.09. The number of carbonyl (C=O) groups is 2. The van der Waals surface area contributed by atoms with Gasteiger partial charge in [-0.15, -0.1) is 0 Å². The lowest BCUT2D eigenvalue weighted by molar-refractivity contribution is -0.145. The topological polar surface area (TPSA) is 75.6 Å². The first-order chi connectivity index (χ1) is 9.06. The molecule has 1 aromatic rings. The molecule has 1 atom stereocenters. The van der Waals surface area contributed by atoms with Crippen LogP contribution in [0.2, 0.25) is 5.02 Å². The first kappa shape index (κ1) is 15.2. The molecule has 1 rings (SSSR count). The number of halogens is 1. The third kappa shape index (κ3) is 5.11. The van der Waals surface area contributed by atoms with Gasteiger partial charge in [0.2, 0.25) is 5.91 Å². The number of nitrogens with one attached hydrogen (secondary N) is 1. The van der Waals surface area contributed by atoms with E-state index in [1.165, 1.54) is 13.2 Å². The molecule has 0 aliphatic rings. The van der Waals surface area contributed by atoms with Crippen molar-refractivity contribution in [2.45, 2.75) is 6.04 Å². The third-order valence-electron chi connectivity index (χ3n) is 2.26. The van der Waals surface area contributed by atoms with E-state index in [1.54, 1.807) is 30.3 Å². The predicted molar refractivity (Wildman–Crippen MR) is 71.5 cm³/mol. The van der Waals surface area contributed by atoms with E-state index in [-0.39, 0.29) is 0 Å². The van der Waals surface area contributed by atoms with E-state index in [1.807, 2.05) is 0 Å². The van der Waals surface area contributed by atoms with Crippen molar-refractivity contribution in [3.8, 4) is 0 Å². The smallest absolute Gasteiger partial charge is 0.330 e. The minimum atomic E-state index is -1.07. The lowest BCUT2D eigenvalue weighted by Gasteiger charge is -2.11. The Kier molecular flexibility index (Phi) is 6.05. The third-order valence-corrected chi connectivity index (χ3v) is 2.50. The number of rotatable bonds is 5. The molecule has 0 spiro atoms. The van der Waals surface area contributed by atoms with Gasteiger partial charge < -0.3 is 15.2 Å². The standard InChI is InChI=1S/C13H14ClNO4/c1-19-13(18)11(8-16)15-12(17)6-5-9-3-2-4-10(14)7-9/h2-7,11,16H,8H2,1H3,(H,15,17)/b6-5+/t11-/m0/s1. The fourth-order valence-corrected chi connectivity index (χ4v) is 1.52. The average Bonchev–Trinajstić information content (AvgIpc) is 2.41. The van der Waals surface area contributed by atoms with Crippen LogP contribution >= 0.6 is 11.6 Å². The zero-order chi connectivity index (χ0) is 14.3. The Hall–Kier alpha value is -1.85. The summed E-state index contributed by atoms with van der Waals surface area (Å²) in [5, 5.41) is 11.8. The molecular weight excluding hydrogens is 270 g/mol. The number of aliphatic hydroxyl groups is 1. The quantitative estimate of drug-likeness (QED) is 0.624. The van der Waals surface area contributed by atoms with Crippen LogP contribution in [-0.4, -0.2) is 36.7 Å². The molecule has 0 aliphatic carbocycles. The Morgan fingerprint density at radius 3 is 2.84 bits per heavy atom. The van der Waals surface area contributed by atoms with Crippen LogP contribution in [0.4, 0.5) is 0 Å². The normalized spacial score (nSPS) is 12.2. The van der Waals surface area contributed by atoms with Gasteiger partial charge in [-0.3, -0.25) is 4.79 Å². The van der Waals surface area contributed by atoms with Crippen LogP contribution in [0.15, 0.2) is 30.3 Å². The lowest BCUT2D eigenvalue weighted by Crippen LogP contribution is -2.43. The number of ether oxygens (including phenoxy) is 1. The van der Waals surface area contributed by atoms with E-state index in [9.17, 15) is 9.59 Å². The van der Waals surface area contributed by atoms with Crippen LogP contribution in [0.5, 0.6) is 0 Å². The lowest BCUT2D eigenvalue weighted by atomic mass is 10.2. The maximum Gasteiger partial charge on any atom is 0.330 e. The molecule has 0 unspecified atom stereocenters. The highest BCUT2D eigenvalue weighted by molar-refractivity contribution is 6.30. The van der Waals surface area contributed by atoms with Crippen LogP contribution < -0.4 is 5.32 Å². The van der Waals surface area contributed by atoms with E-state index >= 15 is 0 Å². The number of hydrogen-bond acceptors (Lipinski definition) is 4. The minimum Gasteiger partial charge on any atom is -0.467 e. The van der Waals surface area contributed by atoms with E-state index in [0.29, 0.717) is 5.02 Å². The Bertz CT molecular complexity index is 487. The molecule has 0 fully saturated rings. The van der Waals surface area contributed by atoms with Gasteiger partial charge in [-0.25, -0.2) is 4.79 Å². The molecule has 2 N–H and O–H groups in total. The van der Waals surface area contributed by atoms with Crippen LogP contribution in [0.3, 0.4) is 0 Å². The molecule has 5 nitrogen and oxygen atoms in total. The highest BCUT2D eigenvalue weighted by Crippen LogP contribution is 2.11. The van der Waals surface area contributed by atoms with Gasteiger partial charge in [0, 0.05) is 11.1 Å². The monoisotopic (exact) mass is 283 g/mol. The second-order valence-electron chi connectivity index (χ2n) is 3.66. The molecule has 0 aliphatic heterocycles. The number of amides is 1. The zero-order valence-electron chi connectivity index (χ0n) is 10.3. The number of methoxy groups -OCH3 is 1. The summed E-state index contributed by atoms with van der Waals surface area (Å²) in [6, 6.07) is 5.87. The molecule has 0 saturated heterocycles. The van der Waals surface area contributed by atoms with Crippen LogP contribution in [0.25, 0.3) is 6.08 Å². The first-order valence-corrected chi connectivity index (χ1v) is 5.87. The van der Waals surface area contributed by atoms with Crippen molar-refractivity contribution in [3.63, 3.8) is 0 Å². The maximum atomic E-state index is 11.5. The van der Waals surface area contributed by atoms with Crippen LogP contribution in [0.1, 0.15) is 5.56 Å². The molecule has 6 heteroatoms. The highest BCUT2D eigenvalue weighted by Gasteiger charge is 2.18. The van der Waals surface area contributed by atoms with Crippen molar-refractivity contribution >= 4 is 29.6 Å². The summed E-state index contributed by atoms with van der Waals surface area (Å²) >= 11 is 5.80. The highest BCUT2D eigenvalue weighted by atomic mass is 35.5. The van der Waals surface area contributed by atoms with Crippen molar-refractivity contribution in [1.82, 2.24) is 5.32 Å². The molecule has 0 radical (unpaired) electrons. The summed E-state index contributed by atoms with van der Waals surface area (Å²) in [4.78, 5) is 22.7. The molecule has 0 aromatic heterocycles. The zero-order valence-corrected chi connectivity index (χ0v) is 11.1. The average molecular weight is 284 g/mol. The summed E-state index contributed by atoms with van der Waals surface area (Å²) in [5.41, 5.74) is 0.751. The van der Waals surface area contributed by atoms with Crippen molar-refractivity contribution in [2.24, 2.45) is 0 Å². The molecule has 0 heterocycles. The van der Waals surface area contributed by atoms with Crippen molar-refractivity contribution in [2.75, 3.05) is 13.7 Å². The molecule has 0 bridgehead atoms. The fraction of sp³-hybridized carbons (Fsp3) is 0.231. The molecule has 1 aromatic carbocycles. The number of aliphatic hydroxyl groups excluding tert-OH is 1. The predicted octanol–water partition coefficient (Wildman–Crippen LogP) is 1.00. The molecular formula is C13H14ClNO4. The number of benzene rings is 1. The van der Waals surface area contributed by atoms with Crippen LogP contribution in [0, 0.1) is 0 Å². The van der Waals surface area contributed by atoms with Gasteiger partial charge in [-0.05, 0) is 23.8 Å². The minimum absolute atomic E-state index is 0.510. The van der Waals surface area contributed by atoms with E-state index < -0.39 is 24.5 Å². The Balaban J connectivity index is 2.62. The fourth-order valence-electron chi connectivity index (χ4n) is 1.32. The SMILES string of the molecule is COC(=O)[C@H](CO)NC(=O)/C=C/c1cccc(Cl)c1. The molecule has 19 heavy (non-hydrogen) atoms. The Morgan fingerprint density at radius 2 is 2.26 bits per heavy atom. The largest absolute Gasteiger partial charge is 0.467 e. The van der Waals surface area contributed by atoms with Crippen molar-refractivity contribution in [1.29, 1.82) is 0 Å². The summed E-state index contributed by atoms with van der Waals surface area (Å²) < 4.78 is 4.43. The van der Waals surface area contributed by atoms with E-state index in [0.717, 1.165) is 5.56 Å². The van der Waals surface area contributed by atoms with Gasteiger partial charge in [0.15, 0.2) is 6.04 Å². The van der Waals surface area contributed by atoms with Gasteiger partial charge in [-0.2, -0.15) is 0 Å².